The number of aryl methyl sites for hydroxylation is 1. The first-order valence-corrected chi connectivity index (χ1v) is 10.7. The van der Waals surface area contributed by atoms with E-state index in [0.717, 1.165) is 36.2 Å². The van der Waals surface area contributed by atoms with Crippen LogP contribution in [0.1, 0.15) is 52.4 Å². The van der Waals surface area contributed by atoms with Crippen LogP contribution in [0.4, 0.5) is 0 Å². The Bertz CT molecular complexity index is 862. The van der Waals surface area contributed by atoms with Crippen molar-refractivity contribution in [2.24, 2.45) is 29.6 Å². The van der Waals surface area contributed by atoms with Crippen molar-refractivity contribution in [1.82, 2.24) is 15.3 Å². The monoisotopic (exact) mass is 381 g/mol. The van der Waals surface area contributed by atoms with Crippen molar-refractivity contribution >= 4 is 16.9 Å². The zero-order valence-electron chi connectivity index (χ0n) is 18.2. The van der Waals surface area contributed by atoms with Gasteiger partial charge in [0.15, 0.2) is 0 Å². The number of aromatic amines is 1. The number of allylic oxidation sites excluding steroid dienone is 1. The summed E-state index contributed by atoms with van der Waals surface area (Å²) < 4.78 is 0. The SMILES string of the molecule is CC1=C[C@@H](CNC(=O)C(C)C)[C@H](C(C)C)C[C@H]1Cc1nc2ccc(C)cc2[nH]1. The highest BCUT2D eigenvalue weighted by Crippen LogP contribution is 2.38. The molecule has 0 saturated heterocycles. The Kier molecular flexibility index (Phi) is 6.26. The van der Waals surface area contributed by atoms with E-state index < -0.39 is 0 Å². The molecule has 3 atom stereocenters. The molecule has 2 N–H and O–H groups in total. The van der Waals surface area contributed by atoms with E-state index in [4.69, 9.17) is 4.98 Å². The molecule has 1 aromatic carbocycles. The number of rotatable bonds is 6. The number of hydrogen-bond acceptors (Lipinski definition) is 2. The normalized spacial score (nSPS) is 22.7. The van der Waals surface area contributed by atoms with Gasteiger partial charge in [0, 0.05) is 18.9 Å². The quantitative estimate of drug-likeness (QED) is 0.689. The van der Waals surface area contributed by atoms with Gasteiger partial charge in [-0.15, -0.1) is 0 Å². The highest BCUT2D eigenvalue weighted by molar-refractivity contribution is 5.77. The van der Waals surface area contributed by atoms with Crippen molar-refractivity contribution in [3.63, 3.8) is 0 Å². The lowest BCUT2D eigenvalue weighted by molar-refractivity contribution is -0.124. The van der Waals surface area contributed by atoms with Crippen LogP contribution >= 0.6 is 0 Å². The molecule has 1 amide bonds. The molecular weight excluding hydrogens is 346 g/mol. The molecule has 0 fully saturated rings. The second-order valence-corrected chi connectivity index (χ2v) is 9.22. The van der Waals surface area contributed by atoms with Gasteiger partial charge in [-0.2, -0.15) is 0 Å². The Labute approximate surface area is 169 Å². The molecule has 4 nitrogen and oxygen atoms in total. The second-order valence-electron chi connectivity index (χ2n) is 9.22. The molecule has 1 aromatic heterocycles. The first-order chi connectivity index (χ1) is 13.2. The number of aromatic nitrogens is 2. The van der Waals surface area contributed by atoms with Crippen LogP contribution in [0.15, 0.2) is 29.8 Å². The lowest BCUT2D eigenvalue weighted by atomic mass is 9.69. The van der Waals surface area contributed by atoms with Crippen LogP contribution in [0.3, 0.4) is 0 Å². The number of carbonyl (C=O) groups is 1. The van der Waals surface area contributed by atoms with Gasteiger partial charge in [0.2, 0.25) is 5.91 Å². The van der Waals surface area contributed by atoms with Gasteiger partial charge in [-0.05, 0) is 61.6 Å². The smallest absolute Gasteiger partial charge is 0.222 e. The summed E-state index contributed by atoms with van der Waals surface area (Å²) in [4.78, 5) is 20.3. The fourth-order valence-corrected chi connectivity index (χ4v) is 4.44. The molecule has 152 valence electrons. The van der Waals surface area contributed by atoms with Crippen LogP contribution in [0.25, 0.3) is 11.0 Å². The van der Waals surface area contributed by atoms with Crippen molar-refractivity contribution in [2.45, 2.75) is 54.4 Å². The van der Waals surface area contributed by atoms with Crippen LogP contribution < -0.4 is 5.32 Å². The predicted molar refractivity (Wildman–Crippen MR) is 116 cm³/mol. The standard InChI is InChI=1S/C24H35N3O/c1-14(2)20-11-18(17(6)10-19(20)13-25-24(28)15(3)4)12-23-26-21-8-7-16(5)9-22(21)27-23/h7-10,14-15,18-20H,11-13H2,1-6H3,(H,25,28)(H,26,27)/t18-,19-,20-/m0/s1. The first kappa shape index (κ1) is 20.6. The van der Waals surface area contributed by atoms with E-state index in [1.807, 2.05) is 13.8 Å². The van der Waals surface area contributed by atoms with E-state index in [9.17, 15) is 4.79 Å². The lowest BCUT2D eigenvalue weighted by Gasteiger charge is -2.37. The van der Waals surface area contributed by atoms with Gasteiger partial charge in [0.25, 0.3) is 0 Å². The number of H-pyrrole nitrogens is 1. The number of amides is 1. The summed E-state index contributed by atoms with van der Waals surface area (Å²) in [5.74, 6) is 3.35. The highest BCUT2D eigenvalue weighted by Gasteiger charge is 2.32. The molecule has 0 saturated carbocycles. The van der Waals surface area contributed by atoms with E-state index in [2.05, 4.69) is 62.3 Å². The minimum absolute atomic E-state index is 0.0376. The van der Waals surface area contributed by atoms with E-state index in [0.29, 0.717) is 23.7 Å². The third-order valence-corrected chi connectivity index (χ3v) is 6.25. The molecule has 3 rings (SSSR count). The molecule has 0 radical (unpaired) electrons. The number of nitrogens with one attached hydrogen (secondary N) is 2. The molecule has 28 heavy (non-hydrogen) atoms. The number of carbonyl (C=O) groups excluding carboxylic acids is 1. The van der Waals surface area contributed by atoms with Crippen molar-refractivity contribution in [2.75, 3.05) is 6.54 Å². The highest BCUT2D eigenvalue weighted by atomic mass is 16.1. The Balaban J connectivity index is 1.74. The Morgan fingerprint density at radius 3 is 2.68 bits per heavy atom. The minimum Gasteiger partial charge on any atom is -0.355 e. The largest absolute Gasteiger partial charge is 0.355 e. The molecule has 1 heterocycles. The maximum absolute atomic E-state index is 12.0. The van der Waals surface area contributed by atoms with Crippen molar-refractivity contribution in [3.05, 3.63) is 41.2 Å². The summed E-state index contributed by atoms with van der Waals surface area (Å²) in [7, 11) is 0. The molecule has 0 spiro atoms. The third kappa shape index (κ3) is 4.65. The third-order valence-electron chi connectivity index (χ3n) is 6.25. The number of nitrogens with zero attached hydrogens (tertiary/aromatic N) is 1. The van der Waals surface area contributed by atoms with Crippen LogP contribution in [0.2, 0.25) is 0 Å². The predicted octanol–water partition coefficient (Wildman–Crippen LogP) is 5.04. The Morgan fingerprint density at radius 1 is 1.25 bits per heavy atom. The van der Waals surface area contributed by atoms with Crippen LogP contribution in [-0.2, 0) is 11.2 Å². The van der Waals surface area contributed by atoms with E-state index >= 15 is 0 Å². The van der Waals surface area contributed by atoms with Crippen molar-refractivity contribution in [3.8, 4) is 0 Å². The first-order valence-electron chi connectivity index (χ1n) is 10.7. The van der Waals surface area contributed by atoms with Gasteiger partial charge < -0.3 is 10.3 Å². The summed E-state index contributed by atoms with van der Waals surface area (Å²) in [6.07, 6.45) is 4.51. The summed E-state index contributed by atoms with van der Waals surface area (Å²) in [5, 5.41) is 3.14. The van der Waals surface area contributed by atoms with Gasteiger partial charge in [-0.3, -0.25) is 4.79 Å². The van der Waals surface area contributed by atoms with Crippen LogP contribution in [0, 0.1) is 36.5 Å². The van der Waals surface area contributed by atoms with Gasteiger partial charge in [-0.1, -0.05) is 45.4 Å². The second kappa shape index (κ2) is 8.50. The molecule has 4 heteroatoms. The van der Waals surface area contributed by atoms with Gasteiger partial charge in [0.05, 0.1) is 11.0 Å². The molecule has 1 aliphatic rings. The number of benzene rings is 1. The summed E-state index contributed by atoms with van der Waals surface area (Å²) >= 11 is 0. The van der Waals surface area contributed by atoms with Crippen LogP contribution in [-0.4, -0.2) is 22.4 Å². The molecule has 0 aliphatic heterocycles. The van der Waals surface area contributed by atoms with Gasteiger partial charge in [-0.25, -0.2) is 4.98 Å². The Morgan fingerprint density at radius 2 is 2.00 bits per heavy atom. The maximum atomic E-state index is 12.0. The van der Waals surface area contributed by atoms with Gasteiger partial charge in [0.1, 0.15) is 5.82 Å². The summed E-state index contributed by atoms with van der Waals surface area (Å²) in [6, 6.07) is 6.38. The summed E-state index contributed by atoms with van der Waals surface area (Å²) in [6.45, 7) is 13.6. The van der Waals surface area contributed by atoms with Gasteiger partial charge >= 0.3 is 0 Å². The minimum atomic E-state index is 0.0376. The average molecular weight is 382 g/mol. The van der Waals surface area contributed by atoms with E-state index in [1.54, 1.807) is 0 Å². The molecule has 2 aromatic rings. The number of hydrogen-bond donors (Lipinski definition) is 2. The van der Waals surface area contributed by atoms with Crippen molar-refractivity contribution < 1.29 is 4.79 Å². The van der Waals surface area contributed by atoms with E-state index in [-0.39, 0.29) is 11.8 Å². The summed E-state index contributed by atoms with van der Waals surface area (Å²) in [5.41, 5.74) is 4.86. The van der Waals surface area contributed by atoms with Crippen LogP contribution in [0.5, 0.6) is 0 Å². The zero-order valence-corrected chi connectivity index (χ0v) is 18.2. The molecule has 0 bridgehead atoms. The maximum Gasteiger partial charge on any atom is 0.222 e. The van der Waals surface area contributed by atoms with E-state index in [1.165, 1.54) is 11.1 Å². The topological polar surface area (TPSA) is 57.8 Å². The fourth-order valence-electron chi connectivity index (χ4n) is 4.44. The fraction of sp³-hybridized carbons (Fsp3) is 0.583. The average Bonchev–Trinajstić information content (AvgIpc) is 3.02. The van der Waals surface area contributed by atoms with Crippen molar-refractivity contribution in [1.29, 1.82) is 0 Å². The number of fused-ring (bicyclic) bond motifs is 1. The zero-order chi connectivity index (χ0) is 20.4. The lowest BCUT2D eigenvalue weighted by Crippen LogP contribution is -2.38. The molecule has 0 unspecified atom stereocenters. The molecular formula is C24H35N3O. The number of imidazole rings is 1. The molecule has 1 aliphatic carbocycles. The Hall–Kier alpha value is -2.10.